The molecule has 1 fully saturated rings. The average molecular weight is 232 g/mol. The first kappa shape index (κ1) is 10.9. The Morgan fingerprint density at radius 3 is 3.00 bits per heavy atom. The fourth-order valence-corrected chi connectivity index (χ4v) is 3.32. The summed E-state index contributed by atoms with van der Waals surface area (Å²) in [5.74, 6) is 1.01. The third-order valence-electron chi connectivity index (χ3n) is 4.12. The molecule has 0 amide bonds. The fourth-order valence-electron chi connectivity index (χ4n) is 3.32. The van der Waals surface area contributed by atoms with E-state index in [2.05, 4.69) is 23.1 Å². The van der Waals surface area contributed by atoms with Crippen molar-refractivity contribution in [3.05, 3.63) is 23.8 Å². The highest BCUT2D eigenvalue weighted by Gasteiger charge is 2.33. The summed E-state index contributed by atoms with van der Waals surface area (Å²) in [5, 5.41) is 0. The molecule has 92 valence electrons. The van der Waals surface area contributed by atoms with Crippen LogP contribution in [0.25, 0.3) is 0 Å². The van der Waals surface area contributed by atoms with E-state index in [4.69, 9.17) is 10.5 Å². The van der Waals surface area contributed by atoms with Crippen LogP contribution in [-0.2, 0) is 6.42 Å². The highest BCUT2D eigenvalue weighted by atomic mass is 16.5. The summed E-state index contributed by atoms with van der Waals surface area (Å²) in [7, 11) is 1.75. The first-order chi connectivity index (χ1) is 8.31. The van der Waals surface area contributed by atoms with Crippen LogP contribution in [0.3, 0.4) is 0 Å². The number of hydrogen-bond acceptors (Lipinski definition) is 3. The Hall–Kier alpha value is -1.22. The van der Waals surface area contributed by atoms with E-state index >= 15 is 0 Å². The van der Waals surface area contributed by atoms with Gasteiger partial charge in [-0.2, -0.15) is 0 Å². The molecule has 2 heterocycles. The predicted octanol–water partition coefficient (Wildman–Crippen LogP) is 2.29. The van der Waals surface area contributed by atoms with Gasteiger partial charge in [0.15, 0.2) is 0 Å². The average Bonchev–Trinajstić information content (AvgIpc) is 2.37. The minimum absolute atomic E-state index is 0.180. The molecule has 1 aromatic carbocycles. The molecule has 0 aliphatic carbocycles. The number of ether oxygens (including phenoxy) is 1. The zero-order valence-electron chi connectivity index (χ0n) is 10.4. The Kier molecular flexibility index (Phi) is 2.71. The van der Waals surface area contributed by atoms with E-state index in [-0.39, 0.29) is 6.17 Å². The van der Waals surface area contributed by atoms with Crippen LogP contribution in [0.1, 0.15) is 31.2 Å². The SMILES string of the molecule is COc1cccc2c1CCC1CCCC(N)N21. The smallest absolute Gasteiger partial charge is 0.124 e. The number of benzene rings is 1. The largest absolute Gasteiger partial charge is 0.496 e. The van der Waals surface area contributed by atoms with Gasteiger partial charge in [0.25, 0.3) is 0 Å². The van der Waals surface area contributed by atoms with Crippen LogP contribution in [0.4, 0.5) is 5.69 Å². The van der Waals surface area contributed by atoms with Gasteiger partial charge in [0.1, 0.15) is 5.75 Å². The van der Waals surface area contributed by atoms with Gasteiger partial charge in [-0.15, -0.1) is 0 Å². The van der Waals surface area contributed by atoms with Gasteiger partial charge in [-0.05, 0) is 44.2 Å². The molecule has 0 radical (unpaired) electrons. The Morgan fingerprint density at radius 1 is 1.29 bits per heavy atom. The Morgan fingerprint density at radius 2 is 2.18 bits per heavy atom. The molecular weight excluding hydrogens is 212 g/mol. The number of methoxy groups -OCH3 is 1. The van der Waals surface area contributed by atoms with E-state index in [9.17, 15) is 0 Å². The number of rotatable bonds is 1. The maximum absolute atomic E-state index is 6.28. The van der Waals surface area contributed by atoms with Crippen molar-refractivity contribution in [3.63, 3.8) is 0 Å². The molecule has 1 aromatic rings. The van der Waals surface area contributed by atoms with Gasteiger partial charge in [-0.1, -0.05) is 6.07 Å². The summed E-state index contributed by atoms with van der Waals surface area (Å²) in [6.45, 7) is 0. The van der Waals surface area contributed by atoms with Crippen molar-refractivity contribution in [2.45, 2.75) is 44.3 Å². The maximum Gasteiger partial charge on any atom is 0.124 e. The molecule has 2 aliphatic heterocycles. The van der Waals surface area contributed by atoms with Crippen molar-refractivity contribution in [2.75, 3.05) is 12.0 Å². The van der Waals surface area contributed by atoms with Crippen LogP contribution in [0.5, 0.6) is 5.75 Å². The van der Waals surface area contributed by atoms with Crippen molar-refractivity contribution in [2.24, 2.45) is 5.73 Å². The molecule has 2 N–H and O–H groups in total. The monoisotopic (exact) mass is 232 g/mol. The first-order valence-electron chi connectivity index (χ1n) is 6.51. The molecule has 2 atom stereocenters. The van der Waals surface area contributed by atoms with Crippen LogP contribution in [0.15, 0.2) is 18.2 Å². The topological polar surface area (TPSA) is 38.5 Å². The van der Waals surface area contributed by atoms with E-state index < -0.39 is 0 Å². The van der Waals surface area contributed by atoms with Gasteiger partial charge >= 0.3 is 0 Å². The third kappa shape index (κ3) is 1.69. The fraction of sp³-hybridized carbons (Fsp3) is 0.571. The molecule has 3 rings (SSSR count). The van der Waals surface area contributed by atoms with Crippen LogP contribution in [-0.4, -0.2) is 19.3 Å². The lowest BCUT2D eigenvalue weighted by Crippen LogP contribution is -2.53. The molecule has 17 heavy (non-hydrogen) atoms. The van der Waals surface area contributed by atoms with Gasteiger partial charge in [0, 0.05) is 17.3 Å². The second kappa shape index (κ2) is 4.22. The normalized spacial score (nSPS) is 27.3. The minimum atomic E-state index is 0.180. The lowest BCUT2D eigenvalue weighted by Gasteiger charge is -2.46. The second-order valence-electron chi connectivity index (χ2n) is 5.06. The van der Waals surface area contributed by atoms with Gasteiger partial charge < -0.3 is 15.4 Å². The Bertz CT molecular complexity index is 419. The highest BCUT2D eigenvalue weighted by molar-refractivity contribution is 5.62. The number of nitrogens with two attached hydrogens (primary N) is 1. The molecule has 0 aromatic heterocycles. The van der Waals surface area contributed by atoms with Gasteiger partial charge in [0.05, 0.1) is 13.3 Å². The van der Waals surface area contributed by atoms with Crippen molar-refractivity contribution >= 4 is 5.69 Å². The summed E-state index contributed by atoms with van der Waals surface area (Å²) in [5.41, 5.74) is 8.92. The van der Waals surface area contributed by atoms with E-state index in [1.54, 1.807) is 7.11 Å². The van der Waals surface area contributed by atoms with Crippen molar-refractivity contribution in [1.82, 2.24) is 0 Å². The lowest BCUT2D eigenvalue weighted by molar-refractivity contribution is 0.353. The summed E-state index contributed by atoms with van der Waals surface area (Å²) in [6.07, 6.45) is 6.16. The first-order valence-corrected chi connectivity index (χ1v) is 6.51. The molecule has 2 aliphatic rings. The number of nitrogens with zero attached hydrogens (tertiary/aromatic N) is 1. The molecule has 1 saturated heterocycles. The molecule has 3 nitrogen and oxygen atoms in total. The lowest BCUT2D eigenvalue weighted by atomic mass is 9.88. The predicted molar refractivity (Wildman–Crippen MR) is 69.4 cm³/mol. The molecule has 0 saturated carbocycles. The van der Waals surface area contributed by atoms with Gasteiger partial charge in [-0.25, -0.2) is 0 Å². The Labute approximate surface area is 103 Å². The Balaban J connectivity index is 2.05. The van der Waals surface area contributed by atoms with Gasteiger partial charge in [0.2, 0.25) is 0 Å². The molecule has 0 spiro atoms. The van der Waals surface area contributed by atoms with Crippen molar-refractivity contribution in [3.8, 4) is 5.75 Å². The molecule has 0 bridgehead atoms. The van der Waals surface area contributed by atoms with E-state index in [0.29, 0.717) is 6.04 Å². The quantitative estimate of drug-likeness (QED) is 0.807. The van der Waals surface area contributed by atoms with Crippen LogP contribution >= 0.6 is 0 Å². The van der Waals surface area contributed by atoms with Crippen LogP contribution in [0, 0.1) is 0 Å². The third-order valence-corrected chi connectivity index (χ3v) is 4.12. The second-order valence-corrected chi connectivity index (χ2v) is 5.06. The zero-order chi connectivity index (χ0) is 11.8. The van der Waals surface area contributed by atoms with E-state index in [1.807, 2.05) is 0 Å². The maximum atomic E-state index is 6.28. The van der Waals surface area contributed by atoms with E-state index in [1.165, 1.54) is 30.5 Å². The molecule has 2 unspecified atom stereocenters. The van der Waals surface area contributed by atoms with Crippen molar-refractivity contribution in [1.29, 1.82) is 0 Å². The summed E-state index contributed by atoms with van der Waals surface area (Å²) in [4.78, 5) is 2.42. The number of fused-ring (bicyclic) bond motifs is 3. The number of piperidine rings is 1. The van der Waals surface area contributed by atoms with E-state index in [0.717, 1.165) is 18.6 Å². The van der Waals surface area contributed by atoms with Crippen LogP contribution < -0.4 is 15.4 Å². The number of hydrogen-bond donors (Lipinski definition) is 1. The summed E-state index contributed by atoms with van der Waals surface area (Å²) < 4.78 is 5.46. The van der Waals surface area contributed by atoms with Crippen molar-refractivity contribution < 1.29 is 4.74 Å². The standard InChI is InChI=1S/C14H20N2O/c1-17-13-6-3-5-12-11(13)9-8-10-4-2-7-14(15)16(10)12/h3,5-6,10,14H,2,4,7-9,15H2,1H3. The molecular formula is C14H20N2O. The zero-order valence-corrected chi connectivity index (χ0v) is 10.4. The number of anilines is 1. The minimum Gasteiger partial charge on any atom is -0.496 e. The van der Waals surface area contributed by atoms with Crippen LogP contribution in [0.2, 0.25) is 0 Å². The van der Waals surface area contributed by atoms with Gasteiger partial charge in [-0.3, -0.25) is 0 Å². The molecule has 3 heteroatoms. The summed E-state index contributed by atoms with van der Waals surface area (Å²) >= 11 is 0. The summed E-state index contributed by atoms with van der Waals surface area (Å²) in [6, 6.07) is 6.95. The highest BCUT2D eigenvalue weighted by Crippen LogP contribution is 2.40.